The van der Waals surface area contributed by atoms with E-state index < -0.39 is 0 Å². The zero-order valence-corrected chi connectivity index (χ0v) is 16.4. The van der Waals surface area contributed by atoms with Crippen LogP contribution >= 0.6 is 0 Å². The second-order valence-electron chi connectivity index (χ2n) is 8.83. The van der Waals surface area contributed by atoms with E-state index in [1.807, 2.05) is 14.7 Å². The number of likely N-dealkylation sites (tertiary alicyclic amines) is 3. The summed E-state index contributed by atoms with van der Waals surface area (Å²) < 4.78 is 0. The lowest BCUT2D eigenvalue weighted by Gasteiger charge is -2.39. The molecule has 0 N–H and O–H groups in total. The van der Waals surface area contributed by atoms with Crippen LogP contribution in [0, 0.1) is 11.8 Å². The first-order valence-corrected chi connectivity index (χ1v) is 11.0. The number of amides is 3. The van der Waals surface area contributed by atoms with Gasteiger partial charge in [-0.05, 0) is 44.9 Å². The third kappa shape index (κ3) is 3.99. The molecule has 150 valence electrons. The molecular weight excluding hydrogens is 342 g/mol. The Labute approximate surface area is 162 Å². The average Bonchev–Trinajstić information content (AvgIpc) is 3.39. The van der Waals surface area contributed by atoms with Crippen molar-refractivity contribution in [1.82, 2.24) is 14.7 Å². The molecule has 3 aliphatic heterocycles. The van der Waals surface area contributed by atoms with E-state index in [-0.39, 0.29) is 17.7 Å². The second kappa shape index (κ2) is 8.19. The van der Waals surface area contributed by atoms with Gasteiger partial charge in [0.05, 0.1) is 0 Å². The Morgan fingerprint density at radius 3 is 1.70 bits per heavy atom. The maximum Gasteiger partial charge on any atom is 0.225 e. The van der Waals surface area contributed by atoms with Gasteiger partial charge in [0.25, 0.3) is 0 Å². The lowest BCUT2D eigenvalue weighted by molar-refractivity contribution is -0.143. The van der Waals surface area contributed by atoms with Crippen LogP contribution in [-0.2, 0) is 14.4 Å². The summed E-state index contributed by atoms with van der Waals surface area (Å²) in [5.74, 6) is 1.20. The molecule has 0 unspecified atom stereocenters. The molecule has 3 heterocycles. The molecule has 1 saturated carbocycles. The fraction of sp³-hybridized carbons (Fsp3) is 0.857. The first-order valence-electron chi connectivity index (χ1n) is 11.0. The Morgan fingerprint density at radius 2 is 1.19 bits per heavy atom. The molecule has 0 spiro atoms. The van der Waals surface area contributed by atoms with Gasteiger partial charge in [0.2, 0.25) is 17.7 Å². The Balaban J connectivity index is 1.23. The van der Waals surface area contributed by atoms with Crippen molar-refractivity contribution in [1.29, 1.82) is 0 Å². The number of nitrogens with zero attached hydrogens (tertiary/aromatic N) is 3. The molecule has 0 aromatic heterocycles. The summed E-state index contributed by atoms with van der Waals surface area (Å²) in [5, 5.41) is 0. The molecular formula is C21H33N3O3. The van der Waals surface area contributed by atoms with Gasteiger partial charge in [-0.25, -0.2) is 0 Å². The van der Waals surface area contributed by atoms with Crippen molar-refractivity contribution in [2.24, 2.45) is 11.8 Å². The zero-order chi connectivity index (χ0) is 18.8. The van der Waals surface area contributed by atoms with Crippen LogP contribution in [0.15, 0.2) is 0 Å². The molecule has 1 aliphatic carbocycles. The monoisotopic (exact) mass is 375 g/mol. The van der Waals surface area contributed by atoms with Crippen molar-refractivity contribution in [2.45, 2.75) is 70.3 Å². The third-order valence-corrected chi connectivity index (χ3v) is 7.19. The number of hydrogen-bond donors (Lipinski definition) is 0. The summed E-state index contributed by atoms with van der Waals surface area (Å²) in [5.41, 5.74) is 0. The molecule has 3 amide bonds. The van der Waals surface area contributed by atoms with Gasteiger partial charge in [-0.2, -0.15) is 0 Å². The van der Waals surface area contributed by atoms with Gasteiger partial charge in [0, 0.05) is 57.0 Å². The van der Waals surface area contributed by atoms with E-state index in [4.69, 9.17) is 0 Å². The molecule has 27 heavy (non-hydrogen) atoms. The maximum atomic E-state index is 12.9. The summed E-state index contributed by atoms with van der Waals surface area (Å²) in [7, 11) is 0. The molecule has 4 fully saturated rings. The molecule has 4 rings (SSSR count). The quantitative estimate of drug-likeness (QED) is 0.758. The third-order valence-electron chi connectivity index (χ3n) is 7.19. The summed E-state index contributed by atoms with van der Waals surface area (Å²) in [6, 6.07) is 0.329. The molecule has 6 heteroatoms. The first-order chi connectivity index (χ1) is 13.1. The van der Waals surface area contributed by atoms with Crippen molar-refractivity contribution in [2.75, 3.05) is 32.7 Å². The van der Waals surface area contributed by atoms with Gasteiger partial charge in [-0.3, -0.25) is 14.4 Å². The zero-order valence-electron chi connectivity index (χ0n) is 16.4. The summed E-state index contributed by atoms with van der Waals surface area (Å²) in [4.78, 5) is 43.5. The van der Waals surface area contributed by atoms with Gasteiger partial charge < -0.3 is 14.7 Å². The smallest absolute Gasteiger partial charge is 0.225 e. The highest BCUT2D eigenvalue weighted by Crippen LogP contribution is 2.29. The molecule has 0 atom stereocenters. The molecule has 0 aromatic carbocycles. The topological polar surface area (TPSA) is 60.9 Å². The fourth-order valence-corrected chi connectivity index (χ4v) is 5.49. The summed E-state index contributed by atoms with van der Waals surface area (Å²) >= 11 is 0. The summed E-state index contributed by atoms with van der Waals surface area (Å²) in [6.45, 7) is 3.92. The van der Waals surface area contributed by atoms with Crippen LogP contribution in [0.4, 0.5) is 0 Å². The van der Waals surface area contributed by atoms with Gasteiger partial charge >= 0.3 is 0 Å². The Kier molecular flexibility index (Phi) is 5.69. The van der Waals surface area contributed by atoms with Crippen molar-refractivity contribution >= 4 is 17.7 Å². The van der Waals surface area contributed by atoms with E-state index in [1.54, 1.807) is 0 Å². The highest BCUT2D eigenvalue weighted by atomic mass is 16.2. The Bertz CT molecular complexity index is 571. The second-order valence-corrected chi connectivity index (χ2v) is 8.83. The van der Waals surface area contributed by atoms with Gasteiger partial charge in [-0.15, -0.1) is 0 Å². The largest absolute Gasteiger partial charge is 0.342 e. The standard InChI is InChI=1S/C21H33N3O3/c25-19-6-3-11-24(19)18-9-14-23(15-10-18)21(27)17-7-12-22(13-8-17)20(26)16-4-1-2-5-16/h16-18H,1-15H2. The molecule has 0 radical (unpaired) electrons. The molecule has 0 bridgehead atoms. The molecule has 6 nitrogen and oxygen atoms in total. The van der Waals surface area contributed by atoms with Crippen LogP contribution in [0.5, 0.6) is 0 Å². The summed E-state index contributed by atoms with van der Waals surface area (Å²) in [6.07, 6.45) is 9.58. The maximum absolute atomic E-state index is 12.9. The minimum absolute atomic E-state index is 0.0718. The van der Waals surface area contributed by atoms with E-state index in [2.05, 4.69) is 0 Å². The van der Waals surface area contributed by atoms with Gasteiger partial charge in [0.1, 0.15) is 0 Å². The number of carbonyl (C=O) groups is 3. The van der Waals surface area contributed by atoms with Crippen molar-refractivity contribution in [3.05, 3.63) is 0 Å². The van der Waals surface area contributed by atoms with E-state index in [9.17, 15) is 14.4 Å². The van der Waals surface area contributed by atoms with Crippen LogP contribution in [0.25, 0.3) is 0 Å². The molecule has 0 aromatic rings. The molecule has 4 aliphatic rings. The van der Waals surface area contributed by atoms with E-state index in [1.165, 1.54) is 12.8 Å². The number of piperidine rings is 2. The van der Waals surface area contributed by atoms with Crippen molar-refractivity contribution in [3.63, 3.8) is 0 Å². The van der Waals surface area contributed by atoms with Crippen LogP contribution < -0.4 is 0 Å². The Morgan fingerprint density at radius 1 is 0.667 bits per heavy atom. The van der Waals surface area contributed by atoms with Gasteiger partial charge in [-0.1, -0.05) is 12.8 Å². The van der Waals surface area contributed by atoms with Crippen molar-refractivity contribution in [3.8, 4) is 0 Å². The van der Waals surface area contributed by atoms with Crippen LogP contribution in [-0.4, -0.2) is 71.2 Å². The SMILES string of the molecule is O=C(C1CCCC1)N1CCC(C(=O)N2CCC(N3CCCC3=O)CC2)CC1. The normalized spacial score (nSPS) is 26.2. The predicted octanol–water partition coefficient (Wildman–Crippen LogP) is 2.03. The van der Waals surface area contributed by atoms with Crippen LogP contribution in [0.1, 0.15) is 64.2 Å². The fourth-order valence-electron chi connectivity index (χ4n) is 5.49. The Hall–Kier alpha value is -1.59. The van der Waals surface area contributed by atoms with Crippen LogP contribution in [0.2, 0.25) is 0 Å². The van der Waals surface area contributed by atoms with Crippen LogP contribution in [0.3, 0.4) is 0 Å². The van der Waals surface area contributed by atoms with E-state index in [0.717, 1.165) is 77.7 Å². The molecule has 3 saturated heterocycles. The highest BCUT2D eigenvalue weighted by Gasteiger charge is 2.36. The van der Waals surface area contributed by atoms with E-state index in [0.29, 0.717) is 24.3 Å². The predicted molar refractivity (Wildman–Crippen MR) is 102 cm³/mol. The number of rotatable bonds is 3. The number of hydrogen-bond acceptors (Lipinski definition) is 3. The lowest BCUT2D eigenvalue weighted by Crippen LogP contribution is -2.50. The lowest BCUT2D eigenvalue weighted by atomic mass is 9.92. The highest BCUT2D eigenvalue weighted by molar-refractivity contribution is 5.81. The minimum atomic E-state index is 0.0718. The van der Waals surface area contributed by atoms with E-state index >= 15 is 0 Å². The minimum Gasteiger partial charge on any atom is -0.342 e. The number of carbonyl (C=O) groups excluding carboxylic acids is 3. The average molecular weight is 376 g/mol. The van der Waals surface area contributed by atoms with Gasteiger partial charge in [0.15, 0.2) is 0 Å². The van der Waals surface area contributed by atoms with Crippen molar-refractivity contribution < 1.29 is 14.4 Å². The first kappa shape index (κ1) is 18.8.